The molecule has 0 radical (unpaired) electrons. The van der Waals surface area contributed by atoms with Crippen LogP contribution >= 0.6 is 11.3 Å². The number of aromatic nitrogens is 2. The maximum Gasteiger partial charge on any atom is 0.209 e. The molecule has 1 heterocycles. The Morgan fingerprint density at radius 2 is 2.00 bits per heavy atom. The van der Waals surface area contributed by atoms with E-state index in [1.54, 1.807) is 5.51 Å². The molecule has 2 rings (SSSR count). The molecule has 0 spiro atoms. The molecule has 0 atom stereocenters. The van der Waals surface area contributed by atoms with Crippen molar-refractivity contribution in [1.29, 1.82) is 0 Å². The zero-order chi connectivity index (χ0) is 9.10. The van der Waals surface area contributed by atoms with Crippen LogP contribution in [-0.4, -0.2) is 10.2 Å². The fraction of sp³-hybridized carbons (Fsp3) is 0. The Kier molecular flexibility index (Phi) is 2.09. The molecule has 5 heteroatoms. The van der Waals surface area contributed by atoms with Gasteiger partial charge in [-0.05, 0) is 24.3 Å². The van der Waals surface area contributed by atoms with Gasteiger partial charge in [0.05, 0.1) is 0 Å². The summed E-state index contributed by atoms with van der Waals surface area (Å²) in [5.41, 5.74) is 8.94. The summed E-state index contributed by atoms with van der Waals surface area (Å²) in [6, 6.07) is 7.47. The van der Waals surface area contributed by atoms with Crippen LogP contribution in [0.2, 0.25) is 0 Å². The quantitative estimate of drug-likeness (QED) is 0.713. The van der Waals surface area contributed by atoms with Gasteiger partial charge in [-0.1, -0.05) is 11.3 Å². The van der Waals surface area contributed by atoms with Crippen molar-refractivity contribution in [2.45, 2.75) is 0 Å². The van der Waals surface area contributed by atoms with Gasteiger partial charge in [0.2, 0.25) is 5.13 Å². The van der Waals surface area contributed by atoms with E-state index in [0.29, 0.717) is 0 Å². The van der Waals surface area contributed by atoms with Gasteiger partial charge >= 0.3 is 0 Å². The molecular formula is C8H8N4S. The Morgan fingerprint density at radius 1 is 1.23 bits per heavy atom. The molecule has 0 saturated carbocycles. The Morgan fingerprint density at radius 3 is 2.62 bits per heavy atom. The molecule has 0 aliphatic rings. The van der Waals surface area contributed by atoms with E-state index in [9.17, 15) is 0 Å². The molecule has 1 aromatic carbocycles. The highest BCUT2D eigenvalue weighted by Crippen LogP contribution is 2.18. The summed E-state index contributed by atoms with van der Waals surface area (Å²) in [7, 11) is 0. The van der Waals surface area contributed by atoms with Gasteiger partial charge in [0.15, 0.2) is 0 Å². The van der Waals surface area contributed by atoms with E-state index in [1.165, 1.54) is 11.3 Å². The SMILES string of the molecule is Nc1ccc(Nc2nncs2)cc1. The number of hydrogen-bond donors (Lipinski definition) is 2. The highest BCUT2D eigenvalue weighted by Gasteiger charge is 1.96. The van der Waals surface area contributed by atoms with Gasteiger partial charge in [0.25, 0.3) is 0 Å². The zero-order valence-electron chi connectivity index (χ0n) is 6.77. The van der Waals surface area contributed by atoms with Crippen molar-refractivity contribution in [3.05, 3.63) is 29.8 Å². The van der Waals surface area contributed by atoms with Crippen LogP contribution in [0.25, 0.3) is 0 Å². The third kappa shape index (κ3) is 1.94. The van der Waals surface area contributed by atoms with E-state index in [2.05, 4.69) is 15.5 Å². The van der Waals surface area contributed by atoms with Gasteiger partial charge in [-0.2, -0.15) is 0 Å². The van der Waals surface area contributed by atoms with E-state index in [1.807, 2.05) is 24.3 Å². The second-order valence-electron chi connectivity index (χ2n) is 2.49. The predicted molar refractivity (Wildman–Crippen MR) is 54.0 cm³/mol. The molecule has 0 unspecified atom stereocenters. The standard InChI is InChI=1S/C8H8N4S/c9-6-1-3-7(4-2-6)11-8-12-10-5-13-8/h1-5H,9H2,(H,11,12). The third-order valence-corrected chi connectivity index (χ3v) is 2.13. The average Bonchev–Trinajstić information content (AvgIpc) is 2.62. The minimum atomic E-state index is 0.753. The van der Waals surface area contributed by atoms with Crippen LogP contribution in [0.15, 0.2) is 29.8 Å². The Hall–Kier alpha value is -1.62. The fourth-order valence-corrected chi connectivity index (χ4v) is 1.38. The summed E-state index contributed by atoms with van der Waals surface area (Å²) < 4.78 is 0. The molecule has 0 aliphatic heterocycles. The van der Waals surface area contributed by atoms with Crippen molar-refractivity contribution in [1.82, 2.24) is 10.2 Å². The number of rotatable bonds is 2. The number of nitrogen functional groups attached to an aromatic ring is 1. The molecule has 13 heavy (non-hydrogen) atoms. The molecule has 66 valence electrons. The summed E-state index contributed by atoms with van der Waals surface area (Å²) >= 11 is 1.46. The molecule has 0 fully saturated rings. The van der Waals surface area contributed by atoms with Crippen LogP contribution in [0, 0.1) is 0 Å². The first kappa shape index (κ1) is 8.00. The van der Waals surface area contributed by atoms with E-state index < -0.39 is 0 Å². The van der Waals surface area contributed by atoms with Gasteiger partial charge in [0.1, 0.15) is 5.51 Å². The van der Waals surface area contributed by atoms with Gasteiger partial charge < -0.3 is 11.1 Å². The van der Waals surface area contributed by atoms with E-state index in [4.69, 9.17) is 5.73 Å². The summed E-state index contributed by atoms with van der Waals surface area (Å²) in [4.78, 5) is 0. The Balaban J connectivity index is 2.15. The lowest BCUT2D eigenvalue weighted by Crippen LogP contribution is -1.90. The van der Waals surface area contributed by atoms with E-state index in [-0.39, 0.29) is 0 Å². The summed E-state index contributed by atoms with van der Waals surface area (Å²) in [6.07, 6.45) is 0. The van der Waals surface area contributed by atoms with Crippen molar-refractivity contribution >= 4 is 27.8 Å². The van der Waals surface area contributed by atoms with Crippen LogP contribution in [0.4, 0.5) is 16.5 Å². The van der Waals surface area contributed by atoms with Gasteiger partial charge in [-0.3, -0.25) is 0 Å². The molecule has 4 nitrogen and oxygen atoms in total. The first-order valence-electron chi connectivity index (χ1n) is 3.73. The molecule has 0 bridgehead atoms. The van der Waals surface area contributed by atoms with Crippen molar-refractivity contribution in [2.24, 2.45) is 0 Å². The molecule has 3 N–H and O–H groups in total. The van der Waals surface area contributed by atoms with Crippen molar-refractivity contribution < 1.29 is 0 Å². The first-order valence-corrected chi connectivity index (χ1v) is 4.61. The van der Waals surface area contributed by atoms with Crippen LogP contribution in [0.3, 0.4) is 0 Å². The first-order chi connectivity index (χ1) is 6.34. The third-order valence-electron chi connectivity index (χ3n) is 1.52. The van der Waals surface area contributed by atoms with Gasteiger partial charge in [-0.15, -0.1) is 10.2 Å². The minimum Gasteiger partial charge on any atom is -0.399 e. The maximum absolute atomic E-state index is 5.55. The predicted octanol–water partition coefficient (Wildman–Crippen LogP) is 1.86. The second-order valence-corrected chi connectivity index (χ2v) is 3.32. The molecule has 2 aromatic rings. The largest absolute Gasteiger partial charge is 0.399 e. The molecule has 0 aliphatic carbocycles. The highest BCUT2D eigenvalue weighted by atomic mass is 32.1. The Labute approximate surface area is 79.4 Å². The monoisotopic (exact) mass is 192 g/mol. The van der Waals surface area contributed by atoms with Crippen molar-refractivity contribution in [3.63, 3.8) is 0 Å². The number of hydrogen-bond acceptors (Lipinski definition) is 5. The summed E-state index contributed by atoms with van der Waals surface area (Å²) in [6.45, 7) is 0. The highest BCUT2D eigenvalue weighted by molar-refractivity contribution is 7.13. The van der Waals surface area contributed by atoms with E-state index >= 15 is 0 Å². The number of anilines is 3. The topological polar surface area (TPSA) is 63.8 Å². The van der Waals surface area contributed by atoms with Crippen molar-refractivity contribution in [3.8, 4) is 0 Å². The molecule has 0 amide bonds. The number of nitrogens with one attached hydrogen (secondary N) is 1. The number of benzene rings is 1. The van der Waals surface area contributed by atoms with Crippen molar-refractivity contribution in [2.75, 3.05) is 11.1 Å². The summed E-state index contributed by atoms with van der Waals surface area (Å²) in [5, 5.41) is 11.5. The van der Waals surface area contributed by atoms with Crippen LogP contribution in [0.5, 0.6) is 0 Å². The average molecular weight is 192 g/mol. The van der Waals surface area contributed by atoms with Crippen LogP contribution < -0.4 is 11.1 Å². The molecular weight excluding hydrogens is 184 g/mol. The minimum absolute atomic E-state index is 0.753. The normalized spacial score (nSPS) is 9.85. The van der Waals surface area contributed by atoms with Crippen LogP contribution in [0.1, 0.15) is 0 Å². The Bertz CT molecular complexity index is 368. The van der Waals surface area contributed by atoms with E-state index in [0.717, 1.165) is 16.5 Å². The van der Waals surface area contributed by atoms with Crippen LogP contribution in [-0.2, 0) is 0 Å². The second kappa shape index (κ2) is 3.40. The van der Waals surface area contributed by atoms with Gasteiger partial charge in [-0.25, -0.2) is 0 Å². The number of nitrogens with two attached hydrogens (primary N) is 1. The molecule has 0 saturated heterocycles. The molecule has 1 aromatic heterocycles. The fourth-order valence-electron chi connectivity index (χ4n) is 0.917. The lowest BCUT2D eigenvalue weighted by Gasteiger charge is -2.00. The zero-order valence-corrected chi connectivity index (χ0v) is 7.58. The van der Waals surface area contributed by atoms with Gasteiger partial charge in [0, 0.05) is 11.4 Å². The number of nitrogens with zero attached hydrogens (tertiary/aromatic N) is 2. The lowest BCUT2D eigenvalue weighted by atomic mass is 10.3. The maximum atomic E-state index is 5.55. The lowest BCUT2D eigenvalue weighted by molar-refractivity contribution is 1.09. The summed E-state index contributed by atoms with van der Waals surface area (Å²) in [5.74, 6) is 0. The smallest absolute Gasteiger partial charge is 0.209 e.